The molecule has 0 aromatic carbocycles. The van der Waals surface area contributed by atoms with Gasteiger partial charge in [0.25, 0.3) is 0 Å². The fraction of sp³-hybridized carbons (Fsp3) is 0.643. The molecule has 1 aromatic heterocycles. The molecule has 116 valence electrons. The number of nitrogens with one attached hydrogen (secondary N) is 2. The number of amides is 2. The molecule has 1 fully saturated rings. The Hall–Kier alpha value is -2.05. The van der Waals surface area contributed by atoms with Gasteiger partial charge in [-0.05, 0) is 24.7 Å². The number of nitrogens with zero attached hydrogens (tertiary/aromatic N) is 2. The molecule has 2 rings (SSSR count). The summed E-state index contributed by atoms with van der Waals surface area (Å²) >= 11 is 0. The lowest BCUT2D eigenvalue weighted by atomic mass is 10.1. The first-order valence-corrected chi connectivity index (χ1v) is 7.21. The Kier molecular flexibility index (Phi) is 4.82. The van der Waals surface area contributed by atoms with Gasteiger partial charge in [-0.3, -0.25) is 4.68 Å². The molecule has 1 saturated carbocycles. The molecule has 1 aromatic rings. The number of hydrogen-bond donors (Lipinski definition) is 3. The van der Waals surface area contributed by atoms with Gasteiger partial charge < -0.3 is 15.7 Å². The summed E-state index contributed by atoms with van der Waals surface area (Å²) in [6.07, 6.45) is 6.45. The standard InChI is InChI=1S/C14H22N4O3/c1-9-3-4-10(5-9)6-15-14(21)17-12(13(19)20)11-7-16-18(2)8-11/h7-10,12H,3-6H2,1-2H3,(H,19,20)(H2,15,17,21). The first-order chi connectivity index (χ1) is 9.95. The lowest BCUT2D eigenvalue weighted by molar-refractivity contribution is -0.139. The van der Waals surface area contributed by atoms with E-state index >= 15 is 0 Å². The Balaban J connectivity index is 1.85. The van der Waals surface area contributed by atoms with Gasteiger partial charge >= 0.3 is 12.0 Å². The van der Waals surface area contributed by atoms with E-state index < -0.39 is 18.0 Å². The number of carboxylic acids is 1. The summed E-state index contributed by atoms with van der Waals surface area (Å²) in [6, 6.07) is -1.54. The number of rotatable bonds is 5. The van der Waals surface area contributed by atoms with Crippen molar-refractivity contribution >= 4 is 12.0 Å². The Morgan fingerprint density at radius 2 is 2.29 bits per heavy atom. The number of aromatic nitrogens is 2. The van der Waals surface area contributed by atoms with Crippen molar-refractivity contribution < 1.29 is 14.7 Å². The Morgan fingerprint density at radius 1 is 1.52 bits per heavy atom. The highest BCUT2D eigenvalue weighted by Gasteiger charge is 2.25. The van der Waals surface area contributed by atoms with Gasteiger partial charge in [-0.15, -0.1) is 0 Å². The number of urea groups is 1. The minimum Gasteiger partial charge on any atom is -0.479 e. The third-order valence-electron chi connectivity index (χ3n) is 3.94. The fourth-order valence-corrected chi connectivity index (χ4v) is 2.81. The van der Waals surface area contributed by atoms with Gasteiger partial charge in [0, 0.05) is 25.4 Å². The summed E-state index contributed by atoms with van der Waals surface area (Å²) in [5.41, 5.74) is 0.453. The largest absolute Gasteiger partial charge is 0.479 e. The molecule has 2 amide bonds. The molecule has 0 radical (unpaired) electrons. The minimum absolute atomic E-state index is 0.453. The average molecular weight is 294 g/mol. The van der Waals surface area contributed by atoms with Crippen molar-refractivity contribution in [2.45, 2.75) is 32.2 Å². The van der Waals surface area contributed by atoms with Crippen LogP contribution in [0, 0.1) is 11.8 Å². The van der Waals surface area contributed by atoms with E-state index in [9.17, 15) is 14.7 Å². The van der Waals surface area contributed by atoms with Crippen LogP contribution in [-0.2, 0) is 11.8 Å². The van der Waals surface area contributed by atoms with Gasteiger partial charge in [0.1, 0.15) is 0 Å². The van der Waals surface area contributed by atoms with Crippen LogP contribution in [0.25, 0.3) is 0 Å². The number of carbonyl (C=O) groups is 2. The van der Waals surface area contributed by atoms with Crippen LogP contribution < -0.4 is 10.6 Å². The van der Waals surface area contributed by atoms with Gasteiger partial charge in [0.2, 0.25) is 0 Å². The molecule has 3 unspecified atom stereocenters. The highest BCUT2D eigenvalue weighted by atomic mass is 16.4. The smallest absolute Gasteiger partial charge is 0.331 e. The number of hydrogen-bond acceptors (Lipinski definition) is 3. The van der Waals surface area contributed by atoms with Crippen molar-refractivity contribution in [2.24, 2.45) is 18.9 Å². The van der Waals surface area contributed by atoms with E-state index in [2.05, 4.69) is 22.7 Å². The molecule has 7 nitrogen and oxygen atoms in total. The number of carboxylic acid groups (broad SMARTS) is 1. The van der Waals surface area contributed by atoms with E-state index in [0.717, 1.165) is 12.8 Å². The van der Waals surface area contributed by atoms with Gasteiger partial charge in [-0.2, -0.15) is 5.10 Å². The van der Waals surface area contributed by atoms with Crippen molar-refractivity contribution in [1.29, 1.82) is 0 Å². The van der Waals surface area contributed by atoms with Crippen LogP contribution in [0.2, 0.25) is 0 Å². The minimum atomic E-state index is -1.10. The van der Waals surface area contributed by atoms with Crippen LogP contribution in [0.4, 0.5) is 4.79 Å². The normalized spacial score (nSPS) is 22.8. The maximum atomic E-state index is 11.9. The predicted octanol–water partition coefficient (Wildman–Crippen LogP) is 1.28. The Morgan fingerprint density at radius 3 is 2.81 bits per heavy atom. The number of aryl methyl sites for hydroxylation is 1. The van der Waals surface area contributed by atoms with Crippen LogP contribution in [0.1, 0.15) is 37.8 Å². The molecule has 0 aliphatic heterocycles. The van der Waals surface area contributed by atoms with Crippen LogP contribution in [-0.4, -0.2) is 33.4 Å². The second-order valence-corrected chi connectivity index (χ2v) is 5.86. The summed E-state index contributed by atoms with van der Waals surface area (Å²) in [4.78, 5) is 23.1. The third-order valence-corrected chi connectivity index (χ3v) is 3.94. The first kappa shape index (κ1) is 15.3. The summed E-state index contributed by atoms with van der Waals surface area (Å²) in [6.45, 7) is 2.80. The maximum absolute atomic E-state index is 11.9. The van der Waals surface area contributed by atoms with E-state index in [-0.39, 0.29) is 0 Å². The van der Waals surface area contributed by atoms with Gasteiger partial charge in [0.15, 0.2) is 6.04 Å². The lowest BCUT2D eigenvalue weighted by Crippen LogP contribution is -2.42. The average Bonchev–Trinajstić information content (AvgIpc) is 3.02. The summed E-state index contributed by atoms with van der Waals surface area (Å²) in [7, 11) is 1.70. The van der Waals surface area contributed by atoms with Crippen molar-refractivity contribution in [3.63, 3.8) is 0 Å². The highest BCUT2D eigenvalue weighted by molar-refractivity contribution is 5.83. The maximum Gasteiger partial charge on any atom is 0.331 e. The van der Waals surface area contributed by atoms with E-state index in [1.165, 1.54) is 17.3 Å². The van der Waals surface area contributed by atoms with E-state index in [1.54, 1.807) is 13.2 Å². The van der Waals surface area contributed by atoms with Gasteiger partial charge in [0.05, 0.1) is 6.20 Å². The molecular weight excluding hydrogens is 272 g/mol. The SMILES string of the molecule is CC1CCC(CNC(=O)NC(C(=O)O)c2cnn(C)c2)C1. The molecule has 21 heavy (non-hydrogen) atoms. The summed E-state index contributed by atoms with van der Waals surface area (Å²) < 4.78 is 1.50. The van der Waals surface area contributed by atoms with Gasteiger partial charge in [-0.1, -0.05) is 13.3 Å². The van der Waals surface area contributed by atoms with Crippen LogP contribution in [0.15, 0.2) is 12.4 Å². The van der Waals surface area contributed by atoms with Crippen molar-refractivity contribution in [1.82, 2.24) is 20.4 Å². The second kappa shape index (κ2) is 6.60. The van der Waals surface area contributed by atoms with Crippen LogP contribution in [0.5, 0.6) is 0 Å². The quantitative estimate of drug-likeness (QED) is 0.762. The Labute approximate surface area is 123 Å². The number of carbonyl (C=O) groups excluding carboxylic acids is 1. The molecule has 1 aliphatic rings. The zero-order valence-electron chi connectivity index (χ0n) is 12.4. The molecule has 1 heterocycles. The zero-order chi connectivity index (χ0) is 15.4. The van der Waals surface area contributed by atoms with Crippen molar-refractivity contribution in [3.05, 3.63) is 18.0 Å². The topological polar surface area (TPSA) is 96.2 Å². The van der Waals surface area contributed by atoms with Crippen LogP contribution in [0.3, 0.4) is 0 Å². The van der Waals surface area contributed by atoms with Crippen LogP contribution >= 0.6 is 0 Å². The fourth-order valence-electron chi connectivity index (χ4n) is 2.81. The molecular formula is C14H22N4O3. The monoisotopic (exact) mass is 294 g/mol. The highest BCUT2D eigenvalue weighted by Crippen LogP contribution is 2.29. The molecule has 3 N–H and O–H groups in total. The molecule has 0 saturated heterocycles. The van der Waals surface area contributed by atoms with Gasteiger partial charge in [-0.25, -0.2) is 9.59 Å². The molecule has 7 heteroatoms. The molecule has 3 atom stereocenters. The molecule has 0 bridgehead atoms. The summed E-state index contributed by atoms with van der Waals surface area (Å²) in [5, 5.41) is 18.4. The van der Waals surface area contributed by atoms with Crippen molar-refractivity contribution in [3.8, 4) is 0 Å². The molecule has 0 spiro atoms. The van der Waals surface area contributed by atoms with E-state index in [1.807, 2.05) is 0 Å². The van der Waals surface area contributed by atoms with Crippen molar-refractivity contribution in [2.75, 3.05) is 6.54 Å². The first-order valence-electron chi connectivity index (χ1n) is 7.21. The van der Waals surface area contributed by atoms with E-state index in [4.69, 9.17) is 0 Å². The lowest BCUT2D eigenvalue weighted by Gasteiger charge is -2.15. The summed E-state index contributed by atoms with van der Waals surface area (Å²) in [5.74, 6) is 0.0991. The van der Waals surface area contributed by atoms with E-state index in [0.29, 0.717) is 23.9 Å². The second-order valence-electron chi connectivity index (χ2n) is 5.86. The zero-order valence-corrected chi connectivity index (χ0v) is 12.4. The predicted molar refractivity (Wildman–Crippen MR) is 76.6 cm³/mol. The third kappa shape index (κ3) is 4.21. The number of aliphatic carboxylic acids is 1. The Bertz CT molecular complexity index is 514. The molecule has 1 aliphatic carbocycles.